The first-order valence-corrected chi connectivity index (χ1v) is 8.44. The van der Waals surface area contributed by atoms with Crippen molar-refractivity contribution in [3.8, 4) is 0 Å². The number of anilines is 2. The minimum atomic E-state index is -0.799. The van der Waals surface area contributed by atoms with Crippen molar-refractivity contribution in [2.75, 3.05) is 36.4 Å². The van der Waals surface area contributed by atoms with Crippen LogP contribution >= 0.6 is 0 Å². The molecule has 4 nitrogen and oxygen atoms in total. The molecule has 0 bridgehead atoms. The van der Waals surface area contributed by atoms with Gasteiger partial charge in [0.05, 0.1) is 11.7 Å². The van der Waals surface area contributed by atoms with Crippen LogP contribution in [0.4, 0.5) is 24.5 Å². The molecule has 0 radical (unpaired) electrons. The summed E-state index contributed by atoms with van der Waals surface area (Å²) in [6.45, 7) is 4.46. The van der Waals surface area contributed by atoms with E-state index < -0.39 is 17.7 Å². The first kappa shape index (κ1) is 18.3. The van der Waals surface area contributed by atoms with Gasteiger partial charge in [-0.05, 0) is 43.3 Å². The van der Waals surface area contributed by atoms with E-state index in [0.29, 0.717) is 26.2 Å². The molecule has 0 aliphatic carbocycles. The predicted octanol–water partition coefficient (Wildman–Crippen LogP) is 3.25. The summed E-state index contributed by atoms with van der Waals surface area (Å²) >= 11 is 0. The van der Waals surface area contributed by atoms with Crippen LogP contribution < -0.4 is 10.2 Å². The Morgan fingerprint density at radius 2 is 1.58 bits per heavy atom. The number of hydrogen-bond acceptors (Lipinski definition) is 3. The van der Waals surface area contributed by atoms with E-state index in [4.69, 9.17) is 0 Å². The van der Waals surface area contributed by atoms with E-state index in [9.17, 15) is 18.0 Å². The molecule has 1 atom stereocenters. The summed E-state index contributed by atoms with van der Waals surface area (Å²) in [5.74, 6) is -2.10. The Morgan fingerprint density at radius 3 is 2.19 bits per heavy atom. The summed E-state index contributed by atoms with van der Waals surface area (Å²) in [6.07, 6.45) is 0. The molecule has 0 unspecified atom stereocenters. The van der Waals surface area contributed by atoms with Crippen LogP contribution in [0.3, 0.4) is 0 Å². The fraction of sp³-hybridized carbons (Fsp3) is 0.316. The number of hydrogen-bond donors (Lipinski definition) is 1. The molecule has 1 heterocycles. The largest absolute Gasteiger partial charge is 0.369 e. The van der Waals surface area contributed by atoms with E-state index in [2.05, 4.69) is 10.2 Å². The zero-order valence-corrected chi connectivity index (χ0v) is 14.4. The summed E-state index contributed by atoms with van der Waals surface area (Å²) in [7, 11) is 0. The lowest BCUT2D eigenvalue weighted by molar-refractivity contribution is -0.120. The molecule has 0 spiro atoms. The Kier molecular flexibility index (Phi) is 5.46. The lowest BCUT2D eigenvalue weighted by Gasteiger charge is -2.38. The highest BCUT2D eigenvalue weighted by Gasteiger charge is 2.26. The summed E-state index contributed by atoms with van der Waals surface area (Å²) in [6, 6.07) is 8.92. The number of nitrogens with zero attached hydrogens (tertiary/aromatic N) is 2. The maximum Gasteiger partial charge on any atom is 0.241 e. The number of amides is 1. The molecule has 138 valence electrons. The second-order valence-electron chi connectivity index (χ2n) is 6.29. The van der Waals surface area contributed by atoms with Gasteiger partial charge in [-0.25, -0.2) is 13.2 Å². The van der Waals surface area contributed by atoms with Crippen molar-refractivity contribution in [3.05, 3.63) is 59.9 Å². The minimum absolute atomic E-state index is 0.0341. The Morgan fingerprint density at radius 1 is 0.962 bits per heavy atom. The fourth-order valence-corrected chi connectivity index (χ4v) is 3.01. The second-order valence-corrected chi connectivity index (χ2v) is 6.29. The molecule has 7 heteroatoms. The van der Waals surface area contributed by atoms with Gasteiger partial charge in [-0.15, -0.1) is 0 Å². The number of carbonyl (C=O) groups excluding carboxylic acids is 1. The van der Waals surface area contributed by atoms with E-state index in [-0.39, 0.29) is 17.4 Å². The number of nitrogens with one attached hydrogen (secondary N) is 1. The molecule has 0 saturated carbocycles. The Hall–Kier alpha value is -2.54. The van der Waals surface area contributed by atoms with Crippen molar-refractivity contribution in [3.63, 3.8) is 0 Å². The van der Waals surface area contributed by atoms with Crippen molar-refractivity contribution in [1.29, 1.82) is 0 Å². The first-order valence-electron chi connectivity index (χ1n) is 8.44. The normalized spacial score (nSPS) is 16.4. The third-order valence-electron chi connectivity index (χ3n) is 4.62. The van der Waals surface area contributed by atoms with Crippen LogP contribution in [0.1, 0.15) is 6.92 Å². The molecule has 1 amide bonds. The average Bonchev–Trinajstić information content (AvgIpc) is 2.64. The Labute approximate surface area is 150 Å². The number of carbonyl (C=O) groups is 1. The van der Waals surface area contributed by atoms with Gasteiger partial charge in [0.1, 0.15) is 17.5 Å². The number of halogens is 3. The van der Waals surface area contributed by atoms with Gasteiger partial charge in [0, 0.05) is 37.9 Å². The summed E-state index contributed by atoms with van der Waals surface area (Å²) in [5.41, 5.74) is 0.907. The summed E-state index contributed by atoms with van der Waals surface area (Å²) in [4.78, 5) is 16.5. The van der Waals surface area contributed by atoms with Crippen LogP contribution in [-0.4, -0.2) is 43.0 Å². The van der Waals surface area contributed by atoms with E-state index in [1.165, 1.54) is 18.2 Å². The van der Waals surface area contributed by atoms with Gasteiger partial charge in [-0.2, -0.15) is 0 Å². The number of benzene rings is 2. The molecule has 1 aliphatic rings. The van der Waals surface area contributed by atoms with E-state index >= 15 is 0 Å². The standard InChI is InChI=1S/C19H20F3N3O/c1-13(19(26)23-18-7-4-15(21)12-17(18)22)24-8-10-25(11-9-24)16-5-2-14(20)3-6-16/h2-7,12-13H,8-11H2,1H3,(H,23,26)/t13-/m1/s1. The first-order chi connectivity index (χ1) is 12.4. The molecule has 1 saturated heterocycles. The van der Waals surface area contributed by atoms with Crippen molar-refractivity contribution in [2.45, 2.75) is 13.0 Å². The highest BCUT2D eigenvalue weighted by Crippen LogP contribution is 2.19. The predicted molar refractivity (Wildman–Crippen MR) is 94.6 cm³/mol. The van der Waals surface area contributed by atoms with Gasteiger partial charge in [0.25, 0.3) is 0 Å². The van der Waals surface area contributed by atoms with Crippen molar-refractivity contribution < 1.29 is 18.0 Å². The molecule has 1 aliphatic heterocycles. The zero-order chi connectivity index (χ0) is 18.7. The van der Waals surface area contributed by atoms with Crippen molar-refractivity contribution >= 4 is 17.3 Å². The molecule has 26 heavy (non-hydrogen) atoms. The van der Waals surface area contributed by atoms with Crippen LogP contribution in [-0.2, 0) is 4.79 Å². The highest BCUT2D eigenvalue weighted by atomic mass is 19.1. The minimum Gasteiger partial charge on any atom is -0.369 e. The van der Waals surface area contributed by atoms with Gasteiger partial charge in [-0.3, -0.25) is 9.69 Å². The maximum absolute atomic E-state index is 13.7. The van der Waals surface area contributed by atoms with E-state index in [1.807, 2.05) is 4.90 Å². The zero-order valence-electron chi connectivity index (χ0n) is 14.4. The summed E-state index contributed by atoms with van der Waals surface area (Å²) in [5, 5.41) is 2.51. The van der Waals surface area contributed by atoms with Gasteiger partial charge in [0.15, 0.2) is 0 Å². The van der Waals surface area contributed by atoms with Gasteiger partial charge in [0.2, 0.25) is 5.91 Å². The Balaban J connectivity index is 1.56. The molecule has 0 aromatic heterocycles. The van der Waals surface area contributed by atoms with Crippen LogP contribution in [0.25, 0.3) is 0 Å². The fourth-order valence-electron chi connectivity index (χ4n) is 3.01. The topological polar surface area (TPSA) is 35.6 Å². The molecule has 2 aromatic rings. The molecule has 1 N–H and O–H groups in total. The molecular formula is C19H20F3N3O. The Bertz CT molecular complexity index is 774. The van der Waals surface area contributed by atoms with Crippen molar-refractivity contribution in [1.82, 2.24) is 4.90 Å². The monoisotopic (exact) mass is 363 g/mol. The number of piperazine rings is 1. The van der Waals surface area contributed by atoms with Crippen molar-refractivity contribution in [2.24, 2.45) is 0 Å². The van der Waals surface area contributed by atoms with Crippen LogP contribution in [0.15, 0.2) is 42.5 Å². The maximum atomic E-state index is 13.7. The molecular weight excluding hydrogens is 343 g/mol. The van der Waals surface area contributed by atoms with Gasteiger partial charge in [-0.1, -0.05) is 0 Å². The van der Waals surface area contributed by atoms with Crippen LogP contribution in [0, 0.1) is 17.5 Å². The second kappa shape index (κ2) is 7.78. The smallest absolute Gasteiger partial charge is 0.241 e. The quantitative estimate of drug-likeness (QED) is 0.906. The lowest BCUT2D eigenvalue weighted by Crippen LogP contribution is -2.52. The molecule has 3 rings (SSSR count). The SMILES string of the molecule is C[C@H](C(=O)Nc1ccc(F)cc1F)N1CCN(c2ccc(F)cc2)CC1. The van der Waals surface area contributed by atoms with E-state index in [0.717, 1.165) is 17.8 Å². The lowest BCUT2D eigenvalue weighted by atomic mass is 10.2. The van der Waals surface area contributed by atoms with Gasteiger partial charge >= 0.3 is 0 Å². The third kappa shape index (κ3) is 4.16. The third-order valence-corrected chi connectivity index (χ3v) is 4.62. The molecule has 2 aromatic carbocycles. The number of rotatable bonds is 4. The van der Waals surface area contributed by atoms with E-state index in [1.54, 1.807) is 19.1 Å². The average molecular weight is 363 g/mol. The van der Waals surface area contributed by atoms with Crippen LogP contribution in [0.2, 0.25) is 0 Å². The summed E-state index contributed by atoms with van der Waals surface area (Å²) < 4.78 is 39.7. The van der Waals surface area contributed by atoms with Crippen LogP contribution in [0.5, 0.6) is 0 Å². The highest BCUT2D eigenvalue weighted by molar-refractivity contribution is 5.94. The van der Waals surface area contributed by atoms with Gasteiger partial charge < -0.3 is 10.2 Å². The molecule has 1 fully saturated rings.